The first-order chi connectivity index (χ1) is 9.31. The van der Waals surface area contributed by atoms with Crippen LogP contribution in [-0.4, -0.2) is 16.5 Å². The lowest BCUT2D eigenvalue weighted by molar-refractivity contribution is 0.645. The predicted octanol–water partition coefficient (Wildman–Crippen LogP) is 3.86. The Balaban J connectivity index is 2.10. The summed E-state index contributed by atoms with van der Waals surface area (Å²) in [6.07, 6.45) is 4.52. The SMILES string of the molecule is CC1CCN(c2ncncc2CCl)c2ccccc21. The molecule has 0 N–H and O–H groups in total. The lowest BCUT2D eigenvalue weighted by Crippen LogP contribution is -2.27. The van der Waals surface area contributed by atoms with Gasteiger partial charge in [-0.3, -0.25) is 0 Å². The van der Waals surface area contributed by atoms with Crippen LogP contribution in [0.3, 0.4) is 0 Å². The number of alkyl halides is 1. The van der Waals surface area contributed by atoms with Crippen molar-refractivity contribution in [2.75, 3.05) is 11.4 Å². The van der Waals surface area contributed by atoms with E-state index in [9.17, 15) is 0 Å². The van der Waals surface area contributed by atoms with Crippen molar-refractivity contribution < 1.29 is 0 Å². The van der Waals surface area contributed by atoms with Crippen LogP contribution in [-0.2, 0) is 5.88 Å². The highest BCUT2D eigenvalue weighted by Gasteiger charge is 2.24. The zero-order valence-corrected chi connectivity index (χ0v) is 11.6. The minimum Gasteiger partial charge on any atom is -0.326 e. The largest absolute Gasteiger partial charge is 0.326 e. The third kappa shape index (κ3) is 2.19. The molecule has 4 heteroatoms. The van der Waals surface area contributed by atoms with Gasteiger partial charge in [0.25, 0.3) is 0 Å². The van der Waals surface area contributed by atoms with Gasteiger partial charge in [0.2, 0.25) is 0 Å². The standard InChI is InChI=1S/C15H16ClN3/c1-11-6-7-19(14-5-3-2-4-13(11)14)15-12(8-16)9-17-10-18-15/h2-5,9-11H,6-8H2,1H3. The van der Waals surface area contributed by atoms with Crippen molar-refractivity contribution in [1.82, 2.24) is 9.97 Å². The summed E-state index contributed by atoms with van der Waals surface area (Å²) < 4.78 is 0. The highest BCUT2D eigenvalue weighted by molar-refractivity contribution is 6.17. The summed E-state index contributed by atoms with van der Waals surface area (Å²) in [4.78, 5) is 10.7. The number of fused-ring (bicyclic) bond motifs is 1. The topological polar surface area (TPSA) is 29.0 Å². The maximum absolute atomic E-state index is 6.00. The fourth-order valence-corrected chi connectivity index (χ4v) is 2.85. The van der Waals surface area contributed by atoms with E-state index in [2.05, 4.69) is 46.1 Å². The smallest absolute Gasteiger partial charge is 0.140 e. The number of rotatable bonds is 2. The van der Waals surface area contributed by atoms with E-state index in [1.807, 2.05) is 0 Å². The van der Waals surface area contributed by atoms with Gasteiger partial charge in [0, 0.05) is 24.0 Å². The van der Waals surface area contributed by atoms with Crippen molar-refractivity contribution in [3.05, 3.63) is 47.9 Å². The van der Waals surface area contributed by atoms with Crippen LogP contribution in [0.5, 0.6) is 0 Å². The van der Waals surface area contributed by atoms with Gasteiger partial charge in [-0.15, -0.1) is 11.6 Å². The molecular weight excluding hydrogens is 258 g/mol. The van der Waals surface area contributed by atoms with Gasteiger partial charge in [0.15, 0.2) is 0 Å². The summed E-state index contributed by atoms with van der Waals surface area (Å²) in [7, 11) is 0. The van der Waals surface area contributed by atoms with Gasteiger partial charge in [-0.2, -0.15) is 0 Å². The molecule has 98 valence electrons. The lowest BCUT2D eigenvalue weighted by atomic mass is 9.91. The third-order valence-corrected chi connectivity index (χ3v) is 4.00. The zero-order valence-electron chi connectivity index (χ0n) is 10.9. The summed E-state index contributed by atoms with van der Waals surface area (Å²) >= 11 is 6.00. The monoisotopic (exact) mass is 273 g/mol. The van der Waals surface area contributed by atoms with E-state index in [0.29, 0.717) is 11.8 Å². The fraction of sp³-hybridized carbons (Fsp3) is 0.333. The maximum atomic E-state index is 6.00. The first-order valence-corrected chi connectivity index (χ1v) is 7.06. The molecule has 0 spiro atoms. The summed E-state index contributed by atoms with van der Waals surface area (Å²) in [5.41, 5.74) is 3.60. The summed E-state index contributed by atoms with van der Waals surface area (Å²) in [6.45, 7) is 3.25. The second kappa shape index (κ2) is 5.17. The van der Waals surface area contributed by atoms with Crippen LogP contribution in [0.1, 0.15) is 30.4 Å². The Kier molecular flexibility index (Phi) is 3.38. The number of hydrogen-bond acceptors (Lipinski definition) is 3. The molecule has 1 aromatic heterocycles. The number of benzene rings is 1. The minimum absolute atomic E-state index is 0.435. The summed E-state index contributed by atoms with van der Waals surface area (Å²) in [5.74, 6) is 1.96. The van der Waals surface area contributed by atoms with Crippen LogP contribution < -0.4 is 4.90 Å². The van der Waals surface area contributed by atoms with Gasteiger partial charge in [-0.1, -0.05) is 25.1 Å². The average Bonchev–Trinajstić information content (AvgIpc) is 2.48. The van der Waals surface area contributed by atoms with Gasteiger partial charge >= 0.3 is 0 Å². The van der Waals surface area contributed by atoms with Crippen LogP contribution in [0.15, 0.2) is 36.8 Å². The molecule has 0 bridgehead atoms. The molecule has 0 fully saturated rings. The molecule has 0 radical (unpaired) electrons. The van der Waals surface area contributed by atoms with E-state index in [1.54, 1.807) is 12.5 Å². The van der Waals surface area contributed by atoms with Gasteiger partial charge in [0.05, 0.1) is 5.88 Å². The summed E-state index contributed by atoms with van der Waals surface area (Å²) in [6, 6.07) is 8.53. The van der Waals surface area contributed by atoms with Crippen molar-refractivity contribution in [3.63, 3.8) is 0 Å². The third-order valence-electron chi connectivity index (χ3n) is 3.71. The highest BCUT2D eigenvalue weighted by Crippen LogP contribution is 2.39. The molecule has 2 aromatic rings. The van der Waals surface area contributed by atoms with Crippen LogP contribution >= 0.6 is 11.6 Å². The second-order valence-electron chi connectivity index (χ2n) is 4.91. The Bertz CT molecular complexity index is 585. The van der Waals surface area contributed by atoms with Gasteiger partial charge < -0.3 is 4.90 Å². The Labute approximate surface area is 118 Å². The van der Waals surface area contributed by atoms with Gasteiger partial charge in [0.1, 0.15) is 12.1 Å². The van der Waals surface area contributed by atoms with E-state index in [0.717, 1.165) is 24.3 Å². The number of aromatic nitrogens is 2. The molecule has 3 rings (SSSR count). The molecule has 1 atom stereocenters. The molecule has 1 aliphatic rings. The minimum atomic E-state index is 0.435. The first-order valence-electron chi connectivity index (χ1n) is 6.52. The molecule has 2 heterocycles. The van der Waals surface area contributed by atoms with E-state index in [-0.39, 0.29) is 0 Å². The van der Waals surface area contributed by atoms with Crippen LogP contribution in [0.4, 0.5) is 11.5 Å². The molecule has 0 aliphatic carbocycles. The molecule has 19 heavy (non-hydrogen) atoms. The molecule has 0 saturated carbocycles. The second-order valence-corrected chi connectivity index (χ2v) is 5.17. The highest BCUT2D eigenvalue weighted by atomic mass is 35.5. The van der Waals surface area contributed by atoms with E-state index >= 15 is 0 Å². The fourth-order valence-electron chi connectivity index (χ4n) is 2.66. The predicted molar refractivity (Wildman–Crippen MR) is 78.1 cm³/mol. The van der Waals surface area contributed by atoms with Gasteiger partial charge in [-0.25, -0.2) is 9.97 Å². The quantitative estimate of drug-likeness (QED) is 0.778. The van der Waals surface area contributed by atoms with Gasteiger partial charge in [-0.05, 0) is 24.0 Å². The Morgan fingerprint density at radius 1 is 1.37 bits per heavy atom. The lowest BCUT2D eigenvalue weighted by Gasteiger charge is -2.34. The van der Waals surface area contributed by atoms with Crippen molar-refractivity contribution in [2.45, 2.75) is 25.1 Å². The molecule has 0 saturated heterocycles. The molecule has 3 nitrogen and oxygen atoms in total. The van der Waals surface area contributed by atoms with Crippen LogP contribution in [0.2, 0.25) is 0 Å². The molecular formula is C15H16ClN3. The number of para-hydroxylation sites is 1. The Hall–Kier alpha value is -1.61. The maximum Gasteiger partial charge on any atom is 0.140 e. The van der Waals surface area contributed by atoms with Crippen molar-refractivity contribution in [1.29, 1.82) is 0 Å². The van der Waals surface area contributed by atoms with E-state index in [1.165, 1.54) is 11.3 Å². The van der Waals surface area contributed by atoms with Crippen LogP contribution in [0, 0.1) is 0 Å². The molecule has 1 aliphatic heterocycles. The van der Waals surface area contributed by atoms with Crippen molar-refractivity contribution in [2.24, 2.45) is 0 Å². The Morgan fingerprint density at radius 3 is 3.05 bits per heavy atom. The average molecular weight is 274 g/mol. The number of anilines is 2. The number of halogens is 1. The van der Waals surface area contributed by atoms with Crippen LogP contribution in [0.25, 0.3) is 0 Å². The molecule has 1 aromatic carbocycles. The zero-order chi connectivity index (χ0) is 13.2. The first kappa shape index (κ1) is 12.4. The summed E-state index contributed by atoms with van der Waals surface area (Å²) in [5, 5.41) is 0. The number of hydrogen-bond donors (Lipinski definition) is 0. The normalized spacial score (nSPS) is 18.2. The molecule has 1 unspecified atom stereocenters. The Morgan fingerprint density at radius 2 is 2.21 bits per heavy atom. The number of nitrogens with zero attached hydrogens (tertiary/aromatic N) is 3. The van der Waals surface area contributed by atoms with E-state index in [4.69, 9.17) is 11.6 Å². The van der Waals surface area contributed by atoms with E-state index < -0.39 is 0 Å². The van der Waals surface area contributed by atoms with Crippen molar-refractivity contribution in [3.8, 4) is 0 Å². The molecule has 0 amide bonds. The van der Waals surface area contributed by atoms with Crippen molar-refractivity contribution >= 4 is 23.1 Å².